The van der Waals surface area contributed by atoms with E-state index in [1.165, 1.54) is 32.1 Å². The fourth-order valence-corrected chi connectivity index (χ4v) is 4.45. The summed E-state index contributed by atoms with van der Waals surface area (Å²) < 4.78 is 0. The second kappa shape index (κ2) is 4.36. The van der Waals surface area contributed by atoms with E-state index in [2.05, 4.69) is 0 Å². The van der Waals surface area contributed by atoms with Crippen molar-refractivity contribution in [3.05, 3.63) is 35.4 Å². The molecule has 0 aromatic heterocycles. The van der Waals surface area contributed by atoms with Crippen molar-refractivity contribution in [1.82, 2.24) is 0 Å². The maximum atomic E-state index is 11.9. The van der Waals surface area contributed by atoms with Crippen LogP contribution in [0.3, 0.4) is 0 Å². The Morgan fingerprint density at radius 1 is 1.11 bits per heavy atom. The molecule has 102 valence electrons. The Morgan fingerprint density at radius 2 is 1.74 bits per heavy atom. The first-order valence-corrected chi connectivity index (χ1v) is 7.38. The molecule has 0 amide bonds. The normalized spacial score (nSPS) is 23.8. The van der Waals surface area contributed by atoms with Crippen LogP contribution in [0.4, 0.5) is 0 Å². The van der Waals surface area contributed by atoms with Crippen LogP contribution < -0.4 is 0 Å². The highest BCUT2D eigenvalue weighted by Gasteiger charge is 2.59. The summed E-state index contributed by atoms with van der Waals surface area (Å²) in [4.78, 5) is 11.9. The summed E-state index contributed by atoms with van der Waals surface area (Å²) in [6.45, 7) is 2.03. The minimum atomic E-state index is -0.627. The van der Waals surface area contributed by atoms with Crippen LogP contribution in [0.25, 0.3) is 0 Å². The van der Waals surface area contributed by atoms with Crippen molar-refractivity contribution < 1.29 is 9.90 Å². The number of aliphatic carboxylic acids is 1. The van der Waals surface area contributed by atoms with Gasteiger partial charge >= 0.3 is 5.97 Å². The van der Waals surface area contributed by atoms with Crippen molar-refractivity contribution >= 4 is 5.97 Å². The Morgan fingerprint density at radius 3 is 2.32 bits per heavy atom. The maximum absolute atomic E-state index is 11.9. The smallest absolute Gasteiger partial charge is 0.314 e. The van der Waals surface area contributed by atoms with E-state index in [0.29, 0.717) is 5.41 Å². The van der Waals surface area contributed by atoms with E-state index < -0.39 is 11.4 Å². The third-order valence-electron chi connectivity index (χ3n) is 5.34. The highest BCUT2D eigenvalue weighted by Crippen LogP contribution is 2.62. The zero-order valence-corrected chi connectivity index (χ0v) is 11.6. The van der Waals surface area contributed by atoms with Crippen molar-refractivity contribution in [3.8, 4) is 0 Å². The largest absolute Gasteiger partial charge is 0.481 e. The number of carbonyl (C=O) groups is 1. The van der Waals surface area contributed by atoms with Crippen LogP contribution in [0, 0.1) is 12.3 Å². The average molecular weight is 258 g/mol. The molecule has 2 aliphatic rings. The summed E-state index contributed by atoms with van der Waals surface area (Å²) >= 11 is 0. The highest BCUT2D eigenvalue weighted by atomic mass is 16.4. The lowest BCUT2D eigenvalue weighted by molar-refractivity contribution is -0.156. The summed E-state index contributed by atoms with van der Waals surface area (Å²) in [5.74, 6) is -0.627. The molecule has 2 aliphatic carbocycles. The van der Waals surface area contributed by atoms with Gasteiger partial charge in [-0.2, -0.15) is 0 Å². The molecule has 3 rings (SSSR count). The van der Waals surface area contributed by atoms with Crippen molar-refractivity contribution in [2.24, 2.45) is 5.41 Å². The molecule has 0 radical (unpaired) electrons. The second-order valence-electron chi connectivity index (χ2n) is 6.62. The number of hydrogen-bond acceptors (Lipinski definition) is 1. The highest BCUT2D eigenvalue weighted by molar-refractivity contribution is 5.83. The number of benzene rings is 1. The Hall–Kier alpha value is -1.31. The molecule has 0 bridgehead atoms. The van der Waals surface area contributed by atoms with E-state index in [-0.39, 0.29) is 0 Å². The molecular weight excluding hydrogens is 236 g/mol. The lowest BCUT2D eigenvalue weighted by Gasteiger charge is -2.56. The summed E-state index contributed by atoms with van der Waals surface area (Å²) in [6.07, 6.45) is 8.04. The Bertz CT molecular complexity index is 490. The number of aryl methyl sites for hydroxylation is 1. The average Bonchev–Trinajstić information content (AvgIpc) is 2.37. The molecule has 2 saturated carbocycles. The lowest BCUT2D eigenvalue weighted by Crippen LogP contribution is -2.55. The molecule has 0 saturated heterocycles. The fourth-order valence-electron chi connectivity index (χ4n) is 4.45. The molecule has 0 unspecified atom stereocenters. The van der Waals surface area contributed by atoms with E-state index >= 15 is 0 Å². The van der Waals surface area contributed by atoms with Gasteiger partial charge in [-0.1, -0.05) is 43.5 Å². The fraction of sp³-hybridized carbons (Fsp3) is 0.588. The van der Waals surface area contributed by atoms with E-state index in [1.807, 2.05) is 31.2 Å². The topological polar surface area (TPSA) is 37.3 Å². The van der Waals surface area contributed by atoms with Crippen molar-refractivity contribution in [3.63, 3.8) is 0 Å². The van der Waals surface area contributed by atoms with Gasteiger partial charge < -0.3 is 5.11 Å². The monoisotopic (exact) mass is 258 g/mol. The van der Waals surface area contributed by atoms with Gasteiger partial charge in [-0.25, -0.2) is 0 Å². The molecule has 2 nitrogen and oxygen atoms in total. The number of hydrogen-bond donors (Lipinski definition) is 1. The number of carboxylic acid groups (broad SMARTS) is 1. The molecule has 1 N–H and O–H groups in total. The molecule has 2 fully saturated rings. The zero-order chi connectivity index (χ0) is 13.5. The van der Waals surface area contributed by atoms with Gasteiger partial charge in [-0.05, 0) is 49.1 Å². The molecular formula is C17H22O2. The van der Waals surface area contributed by atoms with Crippen LogP contribution >= 0.6 is 0 Å². The molecule has 2 heteroatoms. The van der Waals surface area contributed by atoms with Crippen LogP contribution in [0.1, 0.15) is 56.1 Å². The van der Waals surface area contributed by atoms with E-state index in [4.69, 9.17) is 0 Å². The summed E-state index contributed by atoms with van der Waals surface area (Å²) in [6, 6.07) is 8.01. The molecule has 0 atom stereocenters. The van der Waals surface area contributed by atoms with Gasteiger partial charge in [0.25, 0.3) is 0 Å². The summed E-state index contributed by atoms with van der Waals surface area (Å²) in [7, 11) is 0. The van der Waals surface area contributed by atoms with E-state index in [9.17, 15) is 9.90 Å². The van der Waals surface area contributed by atoms with Crippen LogP contribution in [-0.4, -0.2) is 11.1 Å². The maximum Gasteiger partial charge on any atom is 0.314 e. The third kappa shape index (κ3) is 1.89. The summed E-state index contributed by atoms with van der Waals surface area (Å²) in [5, 5.41) is 9.78. The van der Waals surface area contributed by atoms with Gasteiger partial charge in [0.05, 0.1) is 5.41 Å². The lowest BCUT2D eigenvalue weighted by atomic mass is 9.46. The molecule has 1 aromatic rings. The molecule has 19 heavy (non-hydrogen) atoms. The van der Waals surface area contributed by atoms with Crippen LogP contribution in [0.2, 0.25) is 0 Å². The van der Waals surface area contributed by atoms with Gasteiger partial charge in [0.15, 0.2) is 0 Å². The second-order valence-corrected chi connectivity index (χ2v) is 6.62. The third-order valence-corrected chi connectivity index (χ3v) is 5.34. The molecule has 0 heterocycles. The van der Waals surface area contributed by atoms with Gasteiger partial charge in [0, 0.05) is 0 Å². The number of rotatable bonds is 2. The van der Waals surface area contributed by atoms with Gasteiger partial charge in [-0.3, -0.25) is 4.79 Å². The Balaban J connectivity index is 1.92. The Kier molecular flexibility index (Phi) is 2.92. The zero-order valence-electron chi connectivity index (χ0n) is 11.6. The first-order valence-electron chi connectivity index (χ1n) is 7.38. The van der Waals surface area contributed by atoms with E-state index in [0.717, 1.165) is 24.0 Å². The van der Waals surface area contributed by atoms with Crippen molar-refractivity contribution in [2.45, 2.75) is 57.3 Å². The van der Waals surface area contributed by atoms with Gasteiger partial charge in [-0.15, -0.1) is 0 Å². The molecule has 1 spiro atoms. The minimum absolute atomic E-state index is 0.332. The number of carboxylic acids is 1. The predicted octanol–water partition coefficient (Wildman–Crippen LogP) is 4.06. The quantitative estimate of drug-likeness (QED) is 0.868. The van der Waals surface area contributed by atoms with Gasteiger partial charge in [0.2, 0.25) is 0 Å². The molecule has 1 aromatic carbocycles. The summed E-state index contributed by atoms with van der Waals surface area (Å²) in [5.41, 5.74) is 1.89. The predicted molar refractivity (Wildman–Crippen MR) is 75.2 cm³/mol. The van der Waals surface area contributed by atoms with E-state index in [1.54, 1.807) is 0 Å². The minimum Gasteiger partial charge on any atom is -0.481 e. The van der Waals surface area contributed by atoms with Crippen molar-refractivity contribution in [1.29, 1.82) is 0 Å². The van der Waals surface area contributed by atoms with Crippen LogP contribution in [-0.2, 0) is 10.2 Å². The van der Waals surface area contributed by atoms with Gasteiger partial charge in [0.1, 0.15) is 0 Å². The Labute approximate surface area is 114 Å². The van der Waals surface area contributed by atoms with Crippen LogP contribution in [0.15, 0.2) is 24.3 Å². The van der Waals surface area contributed by atoms with Crippen LogP contribution in [0.5, 0.6) is 0 Å². The molecule has 0 aliphatic heterocycles. The van der Waals surface area contributed by atoms with Crippen molar-refractivity contribution in [2.75, 3.05) is 0 Å². The first kappa shape index (κ1) is 12.7. The SMILES string of the molecule is Cc1ccccc1C1(C(=O)O)CC2(CCCCC2)C1. The first-order chi connectivity index (χ1) is 9.08. The standard InChI is InChI=1S/C17H22O2/c1-13-7-3-4-8-14(13)17(15(18)19)11-16(12-17)9-5-2-6-10-16/h3-4,7-8H,2,5-6,9-12H2,1H3,(H,18,19).